The van der Waals surface area contributed by atoms with E-state index in [4.69, 9.17) is 4.74 Å². The number of benzene rings is 2. The quantitative estimate of drug-likeness (QED) is 0.282. The van der Waals surface area contributed by atoms with E-state index in [1.807, 2.05) is 30.5 Å². The van der Waals surface area contributed by atoms with Crippen molar-refractivity contribution in [3.05, 3.63) is 71.9 Å². The van der Waals surface area contributed by atoms with E-state index < -0.39 is 0 Å². The normalized spacial score (nSPS) is 11.9. The lowest BCUT2D eigenvalue weighted by molar-refractivity contribution is -0.141. The molecular weight excluding hydrogens is 400 g/mol. The van der Waals surface area contributed by atoms with Gasteiger partial charge in [-0.1, -0.05) is 61.4 Å². The number of aromatic nitrogens is 1. The molecule has 0 saturated carbocycles. The van der Waals surface area contributed by atoms with Gasteiger partial charge in [0.05, 0.1) is 7.11 Å². The summed E-state index contributed by atoms with van der Waals surface area (Å²) in [6.07, 6.45) is 9.36. The maximum atomic E-state index is 12.6. The van der Waals surface area contributed by atoms with Gasteiger partial charge in [0.2, 0.25) is 5.91 Å². The van der Waals surface area contributed by atoms with Crippen molar-refractivity contribution in [2.45, 2.75) is 63.8 Å². The van der Waals surface area contributed by atoms with Gasteiger partial charge in [-0.3, -0.25) is 9.59 Å². The van der Waals surface area contributed by atoms with Crippen LogP contribution in [0.4, 0.5) is 0 Å². The molecule has 32 heavy (non-hydrogen) atoms. The summed E-state index contributed by atoms with van der Waals surface area (Å²) in [4.78, 5) is 27.5. The number of hydrogen-bond acceptors (Lipinski definition) is 3. The summed E-state index contributed by atoms with van der Waals surface area (Å²) >= 11 is 0. The molecule has 0 saturated heterocycles. The fraction of sp³-hybridized carbons (Fsp3) is 0.407. The molecule has 1 heterocycles. The zero-order valence-electron chi connectivity index (χ0n) is 18.9. The van der Waals surface area contributed by atoms with Gasteiger partial charge in [0.25, 0.3) is 0 Å². The molecule has 5 heteroatoms. The van der Waals surface area contributed by atoms with Gasteiger partial charge in [-0.25, -0.2) is 0 Å². The maximum Gasteiger partial charge on any atom is 0.305 e. The first-order valence-electron chi connectivity index (χ1n) is 11.6. The lowest BCUT2D eigenvalue weighted by Gasteiger charge is -2.18. The predicted octanol–water partition coefficient (Wildman–Crippen LogP) is 5.34. The maximum absolute atomic E-state index is 12.6. The van der Waals surface area contributed by atoms with Crippen LogP contribution in [0.25, 0.3) is 10.9 Å². The van der Waals surface area contributed by atoms with Crippen molar-refractivity contribution >= 4 is 22.8 Å². The molecule has 170 valence electrons. The third-order valence-electron chi connectivity index (χ3n) is 5.89. The van der Waals surface area contributed by atoms with E-state index in [2.05, 4.69) is 40.6 Å². The summed E-state index contributed by atoms with van der Waals surface area (Å²) in [7, 11) is 1.40. The molecule has 5 nitrogen and oxygen atoms in total. The average molecular weight is 435 g/mol. The molecule has 0 spiro atoms. The van der Waals surface area contributed by atoms with Crippen molar-refractivity contribution < 1.29 is 14.3 Å². The fourth-order valence-electron chi connectivity index (χ4n) is 4.10. The van der Waals surface area contributed by atoms with Crippen molar-refractivity contribution in [3.63, 3.8) is 0 Å². The Morgan fingerprint density at radius 1 is 0.938 bits per heavy atom. The highest BCUT2D eigenvalue weighted by Gasteiger charge is 2.17. The highest BCUT2D eigenvalue weighted by Crippen LogP contribution is 2.20. The van der Waals surface area contributed by atoms with Crippen LogP contribution in [0, 0.1) is 0 Å². The van der Waals surface area contributed by atoms with Crippen LogP contribution in [0.5, 0.6) is 0 Å². The van der Waals surface area contributed by atoms with Crippen molar-refractivity contribution in [1.29, 1.82) is 0 Å². The molecule has 2 N–H and O–H groups in total. The van der Waals surface area contributed by atoms with Crippen LogP contribution < -0.4 is 5.32 Å². The largest absolute Gasteiger partial charge is 0.469 e. The molecule has 0 aliphatic heterocycles. The number of esters is 1. The molecule has 3 aromatic rings. The van der Waals surface area contributed by atoms with Gasteiger partial charge in [0, 0.05) is 36.0 Å². The molecule has 0 bridgehead atoms. The minimum absolute atomic E-state index is 0.0581. The van der Waals surface area contributed by atoms with E-state index in [9.17, 15) is 9.59 Å². The molecule has 0 unspecified atom stereocenters. The number of rotatable bonds is 13. The number of nitrogens with one attached hydrogen (secondary N) is 2. The number of carbonyl (C=O) groups is 2. The number of carbonyl (C=O) groups excluding carboxylic acids is 2. The minimum Gasteiger partial charge on any atom is -0.469 e. The van der Waals surface area contributed by atoms with E-state index in [1.54, 1.807) is 0 Å². The van der Waals surface area contributed by atoms with Gasteiger partial charge in [-0.2, -0.15) is 0 Å². The lowest BCUT2D eigenvalue weighted by Crippen LogP contribution is -2.36. The number of H-pyrrole nitrogens is 1. The van der Waals surface area contributed by atoms with Crippen LogP contribution in [-0.4, -0.2) is 30.0 Å². The Labute approximate surface area is 190 Å². The van der Waals surface area contributed by atoms with Gasteiger partial charge in [0.1, 0.15) is 0 Å². The smallest absolute Gasteiger partial charge is 0.305 e. The Morgan fingerprint density at radius 2 is 1.69 bits per heavy atom. The standard InChI is InChI=1S/C27H34N2O3/c1-32-27(31)18-17-23(19-22-20-28-25-15-10-9-14-24(22)25)29-26(30)16-8-3-2-5-11-21-12-6-4-7-13-21/h4,6-7,9-10,12-15,20,23,28H,2-3,5,8,11,16-19H2,1H3,(H,29,30)/t23-/m0/s1. The van der Waals surface area contributed by atoms with E-state index in [0.29, 0.717) is 25.7 Å². The summed E-state index contributed by atoms with van der Waals surface area (Å²) < 4.78 is 4.79. The first-order valence-corrected chi connectivity index (χ1v) is 11.6. The summed E-state index contributed by atoms with van der Waals surface area (Å²) in [6, 6.07) is 18.6. The van der Waals surface area contributed by atoms with E-state index in [1.165, 1.54) is 12.7 Å². The second-order valence-electron chi connectivity index (χ2n) is 8.34. The van der Waals surface area contributed by atoms with Crippen LogP contribution in [0.2, 0.25) is 0 Å². The van der Waals surface area contributed by atoms with Gasteiger partial charge >= 0.3 is 5.97 Å². The molecule has 1 amide bonds. The Bertz CT molecular complexity index is 981. The Kier molecular flexibility index (Phi) is 9.36. The highest BCUT2D eigenvalue weighted by atomic mass is 16.5. The highest BCUT2D eigenvalue weighted by molar-refractivity contribution is 5.83. The number of fused-ring (bicyclic) bond motifs is 1. The number of ether oxygens (including phenoxy) is 1. The molecule has 0 aliphatic rings. The molecule has 3 rings (SSSR count). The van der Waals surface area contributed by atoms with Gasteiger partial charge in [-0.05, 0) is 49.3 Å². The topological polar surface area (TPSA) is 71.2 Å². The van der Waals surface area contributed by atoms with E-state index >= 15 is 0 Å². The number of amides is 1. The van der Waals surface area contributed by atoms with Crippen LogP contribution in [-0.2, 0) is 27.2 Å². The second-order valence-corrected chi connectivity index (χ2v) is 8.34. The van der Waals surface area contributed by atoms with Crippen molar-refractivity contribution in [1.82, 2.24) is 10.3 Å². The third kappa shape index (κ3) is 7.56. The number of unbranched alkanes of at least 4 members (excludes halogenated alkanes) is 3. The lowest BCUT2D eigenvalue weighted by atomic mass is 10.0. The van der Waals surface area contributed by atoms with Crippen LogP contribution in [0.15, 0.2) is 60.8 Å². The van der Waals surface area contributed by atoms with Gasteiger partial charge in [0.15, 0.2) is 0 Å². The van der Waals surface area contributed by atoms with Crippen molar-refractivity contribution in [3.8, 4) is 0 Å². The minimum atomic E-state index is -0.249. The monoisotopic (exact) mass is 434 g/mol. The van der Waals surface area contributed by atoms with Crippen LogP contribution >= 0.6 is 0 Å². The number of hydrogen-bond donors (Lipinski definition) is 2. The third-order valence-corrected chi connectivity index (χ3v) is 5.89. The van der Waals surface area contributed by atoms with Gasteiger partial charge < -0.3 is 15.0 Å². The van der Waals surface area contributed by atoms with Crippen LogP contribution in [0.1, 0.15) is 56.1 Å². The number of aromatic amines is 1. The van der Waals surface area contributed by atoms with Gasteiger partial charge in [-0.15, -0.1) is 0 Å². The summed E-state index contributed by atoms with van der Waals surface area (Å²) in [5.74, 6) is -0.190. The molecule has 0 aliphatic carbocycles. The average Bonchev–Trinajstić information content (AvgIpc) is 3.23. The summed E-state index contributed by atoms with van der Waals surface area (Å²) in [6.45, 7) is 0. The first kappa shape index (κ1) is 23.6. The Hall–Kier alpha value is -3.08. The fourth-order valence-corrected chi connectivity index (χ4v) is 4.10. The Morgan fingerprint density at radius 3 is 2.50 bits per heavy atom. The number of methoxy groups -OCH3 is 1. The molecule has 0 radical (unpaired) electrons. The summed E-state index contributed by atoms with van der Waals surface area (Å²) in [5, 5.41) is 4.31. The number of aryl methyl sites for hydroxylation is 1. The van der Waals surface area contributed by atoms with Crippen molar-refractivity contribution in [2.75, 3.05) is 7.11 Å². The molecule has 1 atom stereocenters. The Balaban J connectivity index is 1.44. The molecule has 1 aromatic heterocycles. The second kappa shape index (κ2) is 12.7. The summed E-state index contributed by atoms with van der Waals surface area (Å²) in [5.41, 5.74) is 3.60. The zero-order valence-corrected chi connectivity index (χ0v) is 18.9. The molecule has 0 fully saturated rings. The van der Waals surface area contributed by atoms with E-state index in [0.717, 1.165) is 48.6 Å². The number of para-hydroxylation sites is 1. The van der Waals surface area contributed by atoms with E-state index in [-0.39, 0.29) is 17.9 Å². The molecule has 2 aromatic carbocycles. The van der Waals surface area contributed by atoms with Crippen LogP contribution in [0.3, 0.4) is 0 Å². The predicted molar refractivity (Wildman–Crippen MR) is 128 cm³/mol. The SMILES string of the molecule is COC(=O)CC[C@@H](Cc1c[nH]c2ccccc12)NC(=O)CCCCCCc1ccccc1. The molecular formula is C27H34N2O3. The van der Waals surface area contributed by atoms with Crippen molar-refractivity contribution in [2.24, 2.45) is 0 Å². The zero-order chi connectivity index (χ0) is 22.6. The first-order chi connectivity index (χ1) is 15.7.